The van der Waals surface area contributed by atoms with Gasteiger partial charge in [0.05, 0.1) is 0 Å². The summed E-state index contributed by atoms with van der Waals surface area (Å²) in [6.07, 6.45) is 1.81. The van der Waals surface area contributed by atoms with E-state index in [1.165, 1.54) is 0 Å². The molecule has 0 saturated heterocycles. The molecule has 1 amide bonds. The molecule has 2 aromatic rings. The number of aryl methyl sites for hydroxylation is 1. The Morgan fingerprint density at radius 2 is 2.29 bits per heavy atom. The average Bonchev–Trinajstić information content (AvgIpc) is 2.91. The van der Waals surface area contributed by atoms with E-state index in [1.54, 1.807) is 28.6 Å². The molecule has 0 bridgehead atoms. The summed E-state index contributed by atoms with van der Waals surface area (Å²) in [7, 11) is 1.83. The van der Waals surface area contributed by atoms with Crippen molar-refractivity contribution in [3.63, 3.8) is 0 Å². The Morgan fingerprint density at radius 3 is 2.90 bits per heavy atom. The first-order valence-electron chi connectivity index (χ1n) is 6.43. The molecule has 1 aromatic carbocycles. The summed E-state index contributed by atoms with van der Waals surface area (Å²) in [5, 5.41) is 4.17. The van der Waals surface area contributed by atoms with Crippen LogP contribution in [0.4, 0.5) is 0 Å². The highest BCUT2D eigenvalue weighted by molar-refractivity contribution is 9.08. The van der Waals surface area contributed by atoms with Gasteiger partial charge in [-0.3, -0.25) is 13.8 Å². The lowest BCUT2D eigenvalue weighted by molar-refractivity contribution is 0.0983. The molecule has 0 radical (unpaired) electrons. The van der Waals surface area contributed by atoms with Gasteiger partial charge in [0.2, 0.25) is 5.88 Å². The van der Waals surface area contributed by atoms with Crippen LogP contribution in [0.5, 0.6) is 5.88 Å². The summed E-state index contributed by atoms with van der Waals surface area (Å²) < 4.78 is 9.85. The predicted molar refractivity (Wildman–Crippen MR) is 86.8 cm³/mol. The van der Waals surface area contributed by atoms with Crippen molar-refractivity contribution in [3.05, 3.63) is 41.6 Å². The van der Waals surface area contributed by atoms with Crippen molar-refractivity contribution in [2.75, 3.05) is 5.75 Å². The van der Waals surface area contributed by atoms with Gasteiger partial charge < -0.3 is 4.74 Å². The van der Waals surface area contributed by atoms with Crippen LogP contribution in [0, 0.1) is 0 Å². The van der Waals surface area contributed by atoms with Crippen molar-refractivity contribution in [2.24, 2.45) is 7.05 Å². The fraction of sp³-hybridized carbons (Fsp3) is 0.286. The molecule has 5 nitrogen and oxygen atoms in total. The standard InChI is InChI=1S/C14H16BrN3O2S/c1-3-21-12-6-4-5-10(14(19)16-15)11(12)9-20-13-7-8-18(2)17-13/h4-8H,3,9H2,1-2H3,(H,16,19). The third-order valence-electron chi connectivity index (χ3n) is 2.82. The van der Waals surface area contributed by atoms with Crippen molar-refractivity contribution in [3.8, 4) is 5.88 Å². The number of rotatable bonds is 6. The number of amides is 1. The molecule has 1 N–H and O–H groups in total. The highest BCUT2D eigenvalue weighted by Crippen LogP contribution is 2.27. The second-order valence-electron chi connectivity index (χ2n) is 4.26. The Hall–Kier alpha value is -1.47. The van der Waals surface area contributed by atoms with Crippen LogP contribution in [0.3, 0.4) is 0 Å². The molecule has 1 heterocycles. The summed E-state index contributed by atoms with van der Waals surface area (Å²) in [5.74, 6) is 1.28. The monoisotopic (exact) mass is 369 g/mol. The normalized spacial score (nSPS) is 10.4. The lowest BCUT2D eigenvalue weighted by Gasteiger charge is -2.13. The summed E-state index contributed by atoms with van der Waals surface area (Å²) in [6, 6.07) is 7.45. The zero-order chi connectivity index (χ0) is 15.2. The van der Waals surface area contributed by atoms with E-state index in [0.29, 0.717) is 18.1 Å². The highest BCUT2D eigenvalue weighted by Gasteiger charge is 2.15. The van der Waals surface area contributed by atoms with Gasteiger partial charge in [-0.1, -0.05) is 13.0 Å². The minimum atomic E-state index is -0.187. The Labute approximate surface area is 136 Å². The number of aromatic nitrogens is 2. The van der Waals surface area contributed by atoms with Crippen molar-refractivity contribution in [2.45, 2.75) is 18.4 Å². The Balaban J connectivity index is 2.27. The highest BCUT2D eigenvalue weighted by atomic mass is 79.9. The fourth-order valence-electron chi connectivity index (χ4n) is 1.89. The Kier molecular flexibility index (Phi) is 5.69. The zero-order valence-corrected chi connectivity index (χ0v) is 14.2. The van der Waals surface area contributed by atoms with Crippen molar-refractivity contribution in [1.82, 2.24) is 14.1 Å². The van der Waals surface area contributed by atoms with E-state index in [4.69, 9.17) is 4.74 Å². The van der Waals surface area contributed by atoms with E-state index >= 15 is 0 Å². The maximum atomic E-state index is 12.0. The quantitative estimate of drug-likeness (QED) is 0.627. The minimum absolute atomic E-state index is 0.187. The molecule has 0 aliphatic heterocycles. The van der Waals surface area contributed by atoms with Crippen molar-refractivity contribution >= 4 is 33.8 Å². The van der Waals surface area contributed by atoms with Crippen LogP contribution in [0.2, 0.25) is 0 Å². The number of hydrogen-bond donors (Lipinski definition) is 1. The van der Waals surface area contributed by atoms with Crippen LogP contribution in [0.25, 0.3) is 0 Å². The summed E-state index contributed by atoms with van der Waals surface area (Å²) in [6.45, 7) is 2.38. The maximum absolute atomic E-state index is 12.0. The maximum Gasteiger partial charge on any atom is 0.261 e. The molecular formula is C14H16BrN3O2S. The minimum Gasteiger partial charge on any atom is -0.472 e. The molecule has 7 heteroatoms. The molecule has 2 rings (SSSR count). The number of benzene rings is 1. The molecule has 21 heavy (non-hydrogen) atoms. The van der Waals surface area contributed by atoms with Crippen molar-refractivity contribution in [1.29, 1.82) is 0 Å². The van der Waals surface area contributed by atoms with Gasteiger partial charge in [-0.25, -0.2) is 0 Å². The van der Waals surface area contributed by atoms with Crippen LogP contribution < -0.4 is 9.08 Å². The largest absolute Gasteiger partial charge is 0.472 e. The second kappa shape index (κ2) is 7.51. The molecule has 0 spiro atoms. The lowest BCUT2D eigenvalue weighted by atomic mass is 10.1. The number of carbonyl (C=O) groups excluding carboxylic acids is 1. The smallest absolute Gasteiger partial charge is 0.261 e. The van der Waals surface area contributed by atoms with Crippen LogP contribution in [-0.2, 0) is 13.7 Å². The van der Waals surface area contributed by atoms with Gasteiger partial charge in [-0.2, -0.15) is 0 Å². The third-order valence-corrected chi connectivity index (χ3v) is 4.16. The number of carbonyl (C=O) groups is 1. The van der Waals surface area contributed by atoms with E-state index in [1.807, 2.05) is 25.4 Å². The lowest BCUT2D eigenvalue weighted by Crippen LogP contribution is -2.16. The molecular weight excluding hydrogens is 354 g/mol. The molecule has 0 aliphatic rings. The van der Waals surface area contributed by atoms with Crippen LogP contribution in [0.1, 0.15) is 22.8 Å². The number of halogens is 1. The Bertz CT molecular complexity index is 630. The summed E-state index contributed by atoms with van der Waals surface area (Å²) in [5.41, 5.74) is 1.47. The van der Waals surface area contributed by atoms with Crippen LogP contribution in [0.15, 0.2) is 35.4 Å². The molecule has 0 fully saturated rings. The first-order valence-corrected chi connectivity index (χ1v) is 8.21. The first-order chi connectivity index (χ1) is 10.2. The van der Waals surface area contributed by atoms with E-state index in [9.17, 15) is 4.79 Å². The number of ether oxygens (including phenoxy) is 1. The first kappa shape index (κ1) is 15.9. The SMILES string of the molecule is CCSc1cccc(C(=O)NBr)c1COc1ccn(C)n1. The van der Waals surface area contributed by atoms with Gasteiger partial charge in [0.25, 0.3) is 5.91 Å². The second-order valence-corrected chi connectivity index (χ2v) is 5.96. The average molecular weight is 370 g/mol. The number of thioether (sulfide) groups is 1. The van der Waals surface area contributed by atoms with Gasteiger partial charge in [-0.05, 0) is 17.9 Å². The Morgan fingerprint density at radius 1 is 1.48 bits per heavy atom. The van der Waals surface area contributed by atoms with E-state index < -0.39 is 0 Å². The van der Waals surface area contributed by atoms with E-state index in [0.717, 1.165) is 16.2 Å². The van der Waals surface area contributed by atoms with Crippen LogP contribution in [-0.4, -0.2) is 21.4 Å². The summed E-state index contributed by atoms with van der Waals surface area (Å²) >= 11 is 4.67. The van der Waals surface area contributed by atoms with E-state index in [2.05, 4.69) is 32.5 Å². The number of nitrogens with one attached hydrogen (secondary N) is 1. The topological polar surface area (TPSA) is 56.1 Å². The molecule has 112 valence electrons. The zero-order valence-electron chi connectivity index (χ0n) is 11.8. The third kappa shape index (κ3) is 4.01. The molecule has 0 aliphatic carbocycles. The van der Waals surface area contributed by atoms with Gasteiger partial charge in [0.1, 0.15) is 6.61 Å². The molecule has 0 unspecified atom stereocenters. The number of nitrogens with zero attached hydrogens (tertiary/aromatic N) is 2. The van der Waals surface area contributed by atoms with Gasteiger partial charge in [0.15, 0.2) is 0 Å². The summed E-state index contributed by atoms with van der Waals surface area (Å²) in [4.78, 5) is 13.0. The van der Waals surface area contributed by atoms with Crippen molar-refractivity contribution < 1.29 is 9.53 Å². The molecule has 0 saturated carbocycles. The molecule has 0 atom stereocenters. The van der Waals surface area contributed by atoms with Gasteiger partial charge in [0, 0.05) is 51.5 Å². The fourth-order valence-corrected chi connectivity index (χ4v) is 2.93. The predicted octanol–water partition coefficient (Wildman–Crippen LogP) is 3.15. The van der Waals surface area contributed by atoms with Gasteiger partial charge >= 0.3 is 0 Å². The van der Waals surface area contributed by atoms with E-state index in [-0.39, 0.29) is 5.91 Å². The van der Waals surface area contributed by atoms with Gasteiger partial charge in [-0.15, -0.1) is 16.9 Å². The molecule has 1 aromatic heterocycles. The van der Waals surface area contributed by atoms with Crippen LogP contribution >= 0.6 is 27.9 Å². The number of hydrogen-bond acceptors (Lipinski definition) is 4.